The molecule has 5 heteroatoms. The summed E-state index contributed by atoms with van der Waals surface area (Å²) in [6, 6.07) is 7.69. The van der Waals surface area contributed by atoms with Crippen LogP contribution in [0.1, 0.15) is 18.9 Å². The molecule has 1 fully saturated rings. The van der Waals surface area contributed by atoms with Crippen molar-refractivity contribution in [3.63, 3.8) is 0 Å². The van der Waals surface area contributed by atoms with E-state index in [9.17, 15) is 9.59 Å². The fourth-order valence-corrected chi connectivity index (χ4v) is 2.07. The average molecular weight is 243 g/mol. The molecule has 0 N–H and O–H groups in total. The molecule has 1 aliphatic rings. The molecule has 0 aliphatic carbocycles. The van der Waals surface area contributed by atoms with Crippen LogP contribution in [0, 0.1) is 11.3 Å². The Kier molecular flexibility index (Phi) is 3.02. The Labute approximate surface area is 105 Å². The maximum absolute atomic E-state index is 12.1. The molecule has 0 aromatic heterocycles. The molecule has 1 unspecified atom stereocenters. The lowest BCUT2D eigenvalue weighted by atomic mass is 10.2. The van der Waals surface area contributed by atoms with Gasteiger partial charge in [-0.1, -0.05) is 6.92 Å². The number of urea groups is 1. The van der Waals surface area contributed by atoms with E-state index in [0.29, 0.717) is 17.7 Å². The molecule has 1 heterocycles. The van der Waals surface area contributed by atoms with Gasteiger partial charge in [0.05, 0.1) is 17.3 Å². The maximum Gasteiger partial charge on any atom is 0.331 e. The molecule has 0 spiro atoms. The van der Waals surface area contributed by atoms with Crippen LogP contribution in [0.15, 0.2) is 24.3 Å². The molecular formula is C13H13N3O2. The summed E-state index contributed by atoms with van der Waals surface area (Å²) in [6.45, 7) is 1.87. The van der Waals surface area contributed by atoms with Crippen LogP contribution >= 0.6 is 0 Å². The van der Waals surface area contributed by atoms with E-state index in [1.165, 1.54) is 4.90 Å². The lowest BCUT2D eigenvalue weighted by Gasteiger charge is -2.14. The van der Waals surface area contributed by atoms with Gasteiger partial charge in [-0.05, 0) is 30.7 Å². The predicted octanol–water partition coefficient (Wildman–Crippen LogP) is 1.74. The zero-order chi connectivity index (χ0) is 13.3. The molecule has 0 bridgehead atoms. The quantitative estimate of drug-likeness (QED) is 0.743. The van der Waals surface area contributed by atoms with Crippen molar-refractivity contribution < 1.29 is 9.59 Å². The van der Waals surface area contributed by atoms with Gasteiger partial charge in [0.25, 0.3) is 5.91 Å². The molecular weight excluding hydrogens is 230 g/mol. The summed E-state index contributed by atoms with van der Waals surface area (Å²) in [7, 11) is 1.62. The molecule has 5 nitrogen and oxygen atoms in total. The minimum absolute atomic E-state index is 0.213. The summed E-state index contributed by atoms with van der Waals surface area (Å²) in [5.41, 5.74) is 1.00. The van der Waals surface area contributed by atoms with Gasteiger partial charge in [0, 0.05) is 7.05 Å². The van der Waals surface area contributed by atoms with Gasteiger partial charge in [-0.15, -0.1) is 0 Å². The first-order valence-electron chi connectivity index (χ1n) is 5.71. The van der Waals surface area contributed by atoms with Gasteiger partial charge in [-0.3, -0.25) is 4.79 Å². The molecule has 2 rings (SSSR count). The van der Waals surface area contributed by atoms with Crippen LogP contribution in [-0.4, -0.2) is 29.9 Å². The Balaban J connectivity index is 2.36. The second-order valence-electron chi connectivity index (χ2n) is 4.15. The minimum Gasteiger partial charge on any atom is -0.315 e. The van der Waals surface area contributed by atoms with Gasteiger partial charge in [-0.2, -0.15) is 5.26 Å². The topological polar surface area (TPSA) is 64.4 Å². The Morgan fingerprint density at radius 1 is 1.28 bits per heavy atom. The Hall–Kier alpha value is -2.35. The van der Waals surface area contributed by atoms with E-state index >= 15 is 0 Å². The van der Waals surface area contributed by atoms with Crippen LogP contribution in [0.5, 0.6) is 0 Å². The molecule has 1 aromatic rings. The van der Waals surface area contributed by atoms with Crippen LogP contribution in [0.2, 0.25) is 0 Å². The van der Waals surface area contributed by atoms with Gasteiger partial charge >= 0.3 is 6.03 Å². The molecule has 1 atom stereocenters. The summed E-state index contributed by atoms with van der Waals surface area (Å²) in [4.78, 5) is 26.7. The zero-order valence-electron chi connectivity index (χ0n) is 10.3. The highest BCUT2D eigenvalue weighted by Gasteiger charge is 2.42. The van der Waals surface area contributed by atoms with Gasteiger partial charge in [0.1, 0.15) is 6.04 Å². The number of amides is 3. The van der Waals surface area contributed by atoms with Crippen molar-refractivity contribution in [2.24, 2.45) is 0 Å². The lowest BCUT2D eigenvalue weighted by Crippen LogP contribution is -2.31. The molecule has 1 aromatic carbocycles. The second kappa shape index (κ2) is 4.49. The largest absolute Gasteiger partial charge is 0.331 e. The Bertz CT molecular complexity index is 530. The van der Waals surface area contributed by atoms with Crippen molar-refractivity contribution in [2.45, 2.75) is 19.4 Å². The van der Waals surface area contributed by atoms with E-state index in [1.807, 2.05) is 13.0 Å². The van der Waals surface area contributed by atoms with Gasteiger partial charge in [0.15, 0.2) is 0 Å². The average Bonchev–Trinajstić information content (AvgIpc) is 2.60. The van der Waals surface area contributed by atoms with Gasteiger partial charge < -0.3 is 4.90 Å². The number of anilines is 1. The molecule has 0 radical (unpaired) electrons. The van der Waals surface area contributed by atoms with E-state index in [4.69, 9.17) is 5.26 Å². The molecule has 0 saturated carbocycles. The van der Waals surface area contributed by atoms with E-state index in [0.717, 1.165) is 4.90 Å². The van der Waals surface area contributed by atoms with Crippen LogP contribution in [0.25, 0.3) is 0 Å². The fourth-order valence-electron chi connectivity index (χ4n) is 2.07. The number of rotatable bonds is 2. The monoisotopic (exact) mass is 243 g/mol. The highest BCUT2D eigenvalue weighted by Crippen LogP contribution is 2.25. The van der Waals surface area contributed by atoms with Crippen LogP contribution < -0.4 is 4.90 Å². The summed E-state index contributed by atoms with van der Waals surface area (Å²) in [5.74, 6) is -0.213. The molecule has 92 valence electrons. The van der Waals surface area contributed by atoms with Crippen LogP contribution in [0.4, 0.5) is 10.5 Å². The van der Waals surface area contributed by atoms with Gasteiger partial charge in [0.2, 0.25) is 0 Å². The van der Waals surface area contributed by atoms with Crippen molar-refractivity contribution in [1.29, 1.82) is 5.26 Å². The molecule has 1 saturated heterocycles. The van der Waals surface area contributed by atoms with Crippen LogP contribution in [-0.2, 0) is 4.79 Å². The first kappa shape index (κ1) is 12.1. The molecule has 3 amide bonds. The number of carbonyl (C=O) groups is 2. The number of benzene rings is 1. The Morgan fingerprint density at radius 2 is 1.89 bits per heavy atom. The second-order valence-corrected chi connectivity index (χ2v) is 4.15. The minimum atomic E-state index is -0.395. The van der Waals surface area contributed by atoms with Crippen molar-refractivity contribution in [3.8, 4) is 6.07 Å². The lowest BCUT2D eigenvalue weighted by molar-refractivity contribution is -0.119. The Morgan fingerprint density at radius 3 is 2.33 bits per heavy atom. The van der Waals surface area contributed by atoms with E-state index in [-0.39, 0.29) is 11.9 Å². The first-order chi connectivity index (χ1) is 8.60. The number of hydrogen-bond acceptors (Lipinski definition) is 3. The van der Waals surface area contributed by atoms with Crippen molar-refractivity contribution in [1.82, 2.24) is 4.90 Å². The highest BCUT2D eigenvalue weighted by molar-refractivity contribution is 6.21. The van der Waals surface area contributed by atoms with Crippen molar-refractivity contribution >= 4 is 17.6 Å². The van der Waals surface area contributed by atoms with Gasteiger partial charge in [-0.25, -0.2) is 9.69 Å². The third kappa shape index (κ3) is 1.72. The normalized spacial score (nSPS) is 19.3. The van der Waals surface area contributed by atoms with E-state index in [1.54, 1.807) is 31.3 Å². The summed E-state index contributed by atoms with van der Waals surface area (Å²) >= 11 is 0. The number of carbonyl (C=O) groups excluding carboxylic acids is 2. The number of hydrogen-bond donors (Lipinski definition) is 0. The smallest absolute Gasteiger partial charge is 0.315 e. The SMILES string of the molecule is CCC1C(=O)N(c2ccc(C#N)cc2)C(=O)N1C. The highest BCUT2D eigenvalue weighted by atomic mass is 16.2. The number of imide groups is 1. The maximum atomic E-state index is 12.1. The summed E-state index contributed by atoms with van der Waals surface area (Å²) < 4.78 is 0. The molecule has 18 heavy (non-hydrogen) atoms. The summed E-state index contributed by atoms with van der Waals surface area (Å²) in [6.07, 6.45) is 0.591. The summed E-state index contributed by atoms with van der Waals surface area (Å²) in [5, 5.41) is 8.71. The fraction of sp³-hybridized carbons (Fsp3) is 0.308. The van der Waals surface area contributed by atoms with Crippen LogP contribution in [0.3, 0.4) is 0 Å². The third-order valence-electron chi connectivity index (χ3n) is 3.11. The van der Waals surface area contributed by atoms with E-state index < -0.39 is 6.04 Å². The predicted molar refractivity (Wildman–Crippen MR) is 65.9 cm³/mol. The first-order valence-corrected chi connectivity index (χ1v) is 5.71. The third-order valence-corrected chi connectivity index (χ3v) is 3.11. The van der Waals surface area contributed by atoms with E-state index in [2.05, 4.69) is 0 Å². The molecule has 1 aliphatic heterocycles. The number of nitriles is 1. The van der Waals surface area contributed by atoms with Crippen molar-refractivity contribution in [2.75, 3.05) is 11.9 Å². The zero-order valence-corrected chi connectivity index (χ0v) is 10.3. The van der Waals surface area contributed by atoms with Crippen molar-refractivity contribution in [3.05, 3.63) is 29.8 Å². The number of likely N-dealkylation sites (N-methyl/N-ethyl adjacent to an activating group) is 1. The number of nitrogens with zero attached hydrogens (tertiary/aromatic N) is 3. The standard InChI is InChI=1S/C13H13N3O2/c1-3-11-12(17)16(13(18)15(11)2)10-6-4-9(8-14)5-7-10/h4-7,11H,3H2,1-2H3.